The third-order valence-electron chi connectivity index (χ3n) is 15.5. The van der Waals surface area contributed by atoms with E-state index in [0.29, 0.717) is 19.3 Å². The Hall–Kier alpha value is -3.15. The van der Waals surface area contributed by atoms with Gasteiger partial charge in [-0.25, -0.2) is 0 Å². The number of esters is 3. The fourth-order valence-electron chi connectivity index (χ4n) is 10.3. The molecular weight excluding hydrogens is 985 g/mol. The van der Waals surface area contributed by atoms with E-state index in [1.165, 1.54) is 218 Å². The Bertz CT molecular complexity index is 1470. The van der Waals surface area contributed by atoms with Crippen molar-refractivity contribution in [2.24, 2.45) is 0 Å². The highest BCUT2D eigenvalue weighted by atomic mass is 16.6. The molecule has 0 aromatic heterocycles. The lowest BCUT2D eigenvalue weighted by Gasteiger charge is -2.18. The second-order valence-electron chi connectivity index (χ2n) is 23.4. The van der Waals surface area contributed by atoms with Crippen LogP contribution in [0.4, 0.5) is 0 Å². The van der Waals surface area contributed by atoms with Gasteiger partial charge in [-0.1, -0.05) is 344 Å². The average Bonchev–Trinajstić information content (AvgIpc) is 3.46. The van der Waals surface area contributed by atoms with Crippen molar-refractivity contribution < 1.29 is 28.6 Å². The van der Waals surface area contributed by atoms with Crippen molar-refractivity contribution in [3.8, 4) is 0 Å². The Morgan fingerprint density at radius 1 is 0.263 bits per heavy atom. The van der Waals surface area contributed by atoms with Crippen molar-refractivity contribution in [3.05, 3.63) is 72.9 Å². The van der Waals surface area contributed by atoms with E-state index in [1.54, 1.807) is 0 Å². The minimum atomic E-state index is -0.780. The van der Waals surface area contributed by atoms with Crippen molar-refractivity contribution in [2.75, 3.05) is 13.2 Å². The normalized spacial score (nSPS) is 12.5. The molecule has 0 fully saturated rings. The van der Waals surface area contributed by atoms with Gasteiger partial charge in [0.05, 0.1) is 0 Å². The maximum absolute atomic E-state index is 12.9. The van der Waals surface area contributed by atoms with Crippen LogP contribution in [-0.4, -0.2) is 37.2 Å². The molecular formula is C74H132O6. The van der Waals surface area contributed by atoms with Crippen molar-refractivity contribution >= 4 is 17.9 Å². The number of carbonyl (C=O) groups is 3. The first kappa shape index (κ1) is 76.9. The first-order chi connectivity index (χ1) is 39.5. The molecule has 0 saturated carbocycles. The van der Waals surface area contributed by atoms with Crippen molar-refractivity contribution in [1.82, 2.24) is 0 Å². The van der Waals surface area contributed by atoms with Crippen LogP contribution in [-0.2, 0) is 28.6 Å². The van der Waals surface area contributed by atoms with Gasteiger partial charge < -0.3 is 14.2 Å². The van der Waals surface area contributed by atoms with E-state index >= 15 is 0 Å². The lowest BCUT2D eigenvalue weighted by atomic mass is 10.0. The Labute approximate surface area is 497 Å². The standard InChI is InChI=1S/C74H132O6/c1-4-7-10-13-16-19-22-25-27-29-31-33-35-37-39-41-43-45-47-49-52-55-58-61-64-67-73(76)79-70-71(69-78-72(75)66-63-60-57-54-51-24-21-18-15-12-9-6-3)80-74(77)68-65-62-59-56-53-50-48-46-44-42-40-38-36-34-32-30-28-26-23-20-17-14-11-8-5-2/h7,10,16,19,25,27,31,33,37,39,43,45,71H,4-6,8-9,11-15,17-18,20-24,26,28-30,32,34-36,38,40-42,44,46-70H2,1-3H3/b10-7-,19-16-,27-25-,33-31-,39-37-,45-43-. The Balaban J connectivity index is 4.27. The molecule has 1 unspecified atom stereocenters. The van der Waals surface area contributed by atoms with Crippen LogP contribution in [0.1, 0.15) is 361 Å². The summed E-state index contributed by atoms with van der Waals surface area (Å²) in [4.78, 5) is 38.4. The molecule has 6 heteroatoms. The maximum Gasteiger partial charge on any atom is 0.306 e. The van der Waals surface area contributed by atoms with Gasteiger partial charge >= 0.3 is 17.9 Å². The van der Waals surface area contributed by atoms with Crippen LogP contribution < -0.4 is 0 Å². The molecule has 0 aliphatic rings. The molecule has 6 nitrogen and oxygen atoms in total. The van der Waals surface area contributed by atoms with Crippen molar-refractivity contribution in [2.45, 2.75) is 367 Å². The molecule has 0 aromatic carbocycles. The van der Waals surface area contributed by atoms with E-state index in [2.05, 4.69) is 93.7 Å². The third kappa shape index (κ3) is 65.7. The minimum absolute atomic E-state index is 0.0752. The Morgan fingerprint density at radius 3 is 0.762 bits per heavy atom. The minimum Gasteiger partial charge on any atom is -0.462 e. The summed E-state index contributed by atoms with van der Waals surface area (Å²) >= 11 is 0. The van der Waals surface area contributed by atoms with E-state index in [4.69, 9.17) is 14.2 Å². The zero-order valence-corrected chi connectivity index (χ0v) is 53.3. The Morgan fingerprint density at radius 2 is 0.487 bits per heavy atom. The SMILES string of the molecule is CC/C=C\C/C=C\C/C=C\C/C=C\C/C=C\C/C=C\CCCCCCCCC(=O)OCC(COC(=O)CCCCCCCCCCCCCC)OC(=O)CCCCCCCCCCCCCCCCCCCCCCCCCCC. The summed E-state index contributed by atoms with van der Waals surface area (Å²) in [5, 5.41) is 0. The summed E-state index contributed by atoms with van der Waals surface area (Å²) in [6, 6.07) is 0. The highest BCUT2D eigenvalue weighted by molar-refractivity contribution is 5.71. The van der Waals surface area contributed by atoms with Gasteiger partial charge in [0.15, 0.2) is 6.10 Å². The van der Waals surface area contributed by atoms with Crippen LogP contribution in [0, 0.1) is 0 Å². The van der Waals surface area contributed by atoms with Gasteiger partial charge in [-0.05, 0) is 70.6 Å². The summed E-state index contributed by atoms with van der Waals surface area (Å²) in [6.45, 7) is 6.57. The topological polar surface area (TPSA) is 78.9 Å². The van der Waals surface area contributed by atoms with E-state index < -0.39 is 6.10 Å². The van der Waals surface area contributed by atoms with Crippen LogP contribution in [0.2, 0.25) is 0 Å². The molecule has 0 spiro atoms. The number of allylic oxidation sites excluding steroid dienone is 12. The summed E-state index contributed by atoms with van der Waals surface area (Å²) < 4.78 is 17.0. The number of hydrogen-bond acceptors (Lipinski definition) is 6. The number of carbonyl (C=O) groups excluding carboxylic acids is 3. The lowest BCUT2D eigenvalue weighted by molar-refractivity contribution is -0.167. The van der Waals surface area contributed by atoms with Crippen LogP contribution in [0.25, 0.3) is 0 Å². The summed E-state index contributed by atoms with van der Waals surface area (Å²) in [6.07, 6.45) is 89.3. The smallest absolute Gasteiger partial charge is 0.306 e. The molecule has 0 heterocycles. The summed E-state index contributed by atoms with van der Waals surface area (Å²) in [7, 11) is 0. The second-order valence-corrected chi connectivity index (χ2v) is 23.4. The van der Waals surface area contributed by atoms with Gasteiger partial charge in [-0.2, -0.15) is 0 Å². The zero-order chi connectivity index (χ0) is 57.8. The van der Waals surface area contributed by atoms with Gasteiger partial charge in [0.25, 0.3) is 0 Å². The zero-order valence-electron chi connectivity index (χ0n) is 53.3. The first-order valence-corrected chi connectivity index (χ1v) is 34.9. The summed E-state index contributed by atoms with van der Waals surface area (Å²) in [5.41, 5.74) is 0. The molecule has 0 aliphatic heterocycles. The predicted octanol–water partition coefficient (Wildman–Crippen LogP) is 24.1. The maximum atomic E-state index is 12.9. The number of unbranched alkanes of at least 4 members (excludes halogenated alkanes) is 41. The second kappa shape index (κ2) is 68.3. The van der Waals surface area contributed by atoms with Crippen molar-refractivity contribution in [1.29, 1.82) is 0 Å². The molecule has 0 saturated heterocycles. The van der Waals surface area contributed by atoms with Gasteiger partial charge in [0, 0.05) is 19.3 Å². The van der Waals surface area contributed by atoms with Crippen LogP contribution >= 0.6 is 0 Å². The van der Waals surface area contributed by atoms with E-state index in [9.17, 15) is 14.4 Å². The van der Waals surface area contributed by atoms with Gasteiger partial charge in [0.1, 0.15) is 13.2 Å². The monoisotopic (exact) mass is 1120 g/mol. The van der Waals surface area contributed by atoms with Gasteiger partial charge in [-0.3, -0.25) is 14.4 Å². The number of rotatable bonds is 64. The molecule has 80 heavy (non-hydrogen) atoms. The van der Waals surface area contributed by atoms with Crippen molar-refractivity contribution in [3.63, 3.8) is 0 Å². The third-order valence-corrected chi connectivity index (χ3v) is 15.5. The molecule has 464 valence electrons. The van der Waals surface area contributed by atoms with E-state index in [0.717, 1.165) is 103 Å². The molecule has 0 aromatic rings. The molecule has 0 amide bonds. The van der Waals surface area contributed by atoms with Crippen LogP contribution in [0.3, 0.4) is 0 Å². The van der Waals surface area contributed by atoms with Crippen LogP contribution in [0.15, 0.2) is 72.9 Å². The summed E-state index contributed by atoms with van der Waals surface area (Å²) in [5.74, 6) is -0.869. The Kier molecular flexibility index (Phi) is 65.7. The number of ether oxygens (including phenoxy) is 3. The fourth-order valence-corrected chi connectivity index (χ4v) is 10.3. The molecule has 0 bridgehead atoms. The first-order valence-electron chi connectivity index (χ1n) is 34.9. The van der Waals surface area contributed by atoms with Gasteiger partial charge in [-0.15, -0.1) is 0 Å². The highest BCUT2D eigenvalue weighted by Gasteiger charge is 2.19. The van der Waals surface area contributed by atoms with Crippen LogP contribution in [0.5, 0.6) is 0 Å². The molecule has 1 atom stereocenters. The predicted molar refractivity (Wildman–Crippen MR) is 348 cm³/mol. The van der Waals surface area contributed by atoms with E-state index in [1.807, 2.05) is 0 Å². The van der Waals surface area contributed by atoms with E-state index in [-0.39, 0.29) is 31.1 Å². The number of hydrogen-bond donors (Lipinski definition) is 0. The fraction of sp³-hybridized carbons (Fsp3) is 0.797. The molecule has 0 N–H and O–H groups in total. The largest absolute Gasteiger partial charge is 0.462 e. The quantitative estimate of drug-likeness (QED) is 0.0261. The molecule has 0 aliphatic carbocycles. The lowest BCUT2D eigenvalue weighted by Crippen LogP contribution is -2.30. The molecule has 0 rings (SSSR count). The highest BCUT2D eigenvalue weighted by Crippen LogP contribution is 2.18. The molecule has 0 radical (unpaired) electrons. The average molecular weight is 1120 g/mol. The van der Waals surface area contributed by atoms with Gasteiger partial charge in [0.2, 0.25) is 0 Å².